The number of nitrogens with one attached hydrogen (secondary N) is 1. The van der Waals surface area contributed by atoms with Crippen molar-refractivity contribution in [2.45, 2.75) is 12.5 Å². The van der Waals surface area contributed by atoms with Crippen molar-refractivity contribution in [3.05, 3.63) is 64.3 Å². The number of ether oxygens (including phenoxy) is 2. The third kappa shape index (κ3) is 3.51. The summed E-state index contributed by atoms with van der Waals surface area (Å²) in [5.41, 5.74) is 2.99. The van der Waals surface area contributed by atoms with E-state index in [1.165, 1.54) is 6.07 Å². The van der Waals surface area contributed by atoms with E-state index in [9.17, 15) is 9.90 Å². The fourth-order valence-corrected chi connectivity index (χ4v) is 4.04. The first-order chi connectivity index (χ1) is 14.5. The Hall–Kier alpha value is -3.03. The van der Waals surface area contributed by atoms with Crippen LogP contribution in [0.2, 0.25) is 5.02 Å². The van der Waals surface area contributed by atoms with Gasteiger partial charge in [0.1, 0.15) is 22.9 Å². The van der Waals surface area contributed by atoms with Gasteiger partial charge in [0.15, 0.2) is 0 Å². The minimum atomic E-state index is -0.383. The van der Waals surface area contributed by atoms with Gasteiger partial charge in [0.25, 0.3) is 5.91 Å². The predicted molar refractivity (Wildman–Crippen MR) is 113 cm³/mol. The number of carbonyl (C=O) groups excluding carboxylic acids is 1. The molecule has 1 unspecified atom stereocenters. The molecule has 2 aromatic carbocycles. The molecule has 1 aromatic heterocycles. The van der Waals surface area contributed by atoms with E-state index in [2.05, 4.69) is 10.2 Å². The highest BCUT2D eigenvalue weighted by Crippen LogP contribution is 2.45. The molecule has 0 fully saturated rings. The summed E-state index contributed by atoms with van der Waals surface area (Å²) in [6, 6.07) is 12.0. The van der Waals surface area contributed by atoms with Gasteiger partial charge in [-0.15, -0.1) is 0 Å². The molecule has 1 aliphatic rings. The van der Waals surface area contributed by atoms with Gasteiger partial charge in [-0.1, -0.05) is 23.7 Å². The first-order valence-electron chi connectivity index (χ1n) is 9.56. The van der Waals surface area contributed by atoms with Crippen LogP contribution in [0.1, 0.15) is 34.1 Å². The number of H-pyrrole nitrogens is 1. The number of halogens is 1. The molecule has 2 N–H and O–H groups in total. The van der Waals surface area contributed by atoms with Crippen molar-refractivity contribution < 1.29 is 19.4 Å². The second-order valence-corrected chi connectivity index (χ2v) is 7.48. The molecule has 0 spiro atoms. The second-order valence-electron chi connectivity index (χ2n) is 7.05. The maximum absolute atomic E-state index is 13.2. The maximum atomic E-state index is 13.2. The van der Waals surface area contributed by atoms with Crippen molar-refractivity contribution in [1.82, 2.24) is 15.1 Å². The van der Waals surface area contributed by atoms with Gasteiger partial charge in [0, 0.05) is 36.4 Å². The van der Waals surface area contributed by atoms with Crippen LogP contribution in [0, 0.1) is 0 Å². The Morgan fingerprint density at radius 1 is 1.23 bits per heavy atom. The molecule has 8 heteroatoms. The SMILES string of the molecule is COCCCN1C(=O)c2[nH]nc(-c3cc(Cl)ccc3O)c2C1c1cccc(OC)c1. The summed E-state index contributed by atoms with van der Waals surface area (Å²) in [6.07, 6.45) is 0.693. The Balaban J connectivity index is 1.86. The summed E-state index contributed by atoms with van der Waals surface area (Å²) in [5, 5.41) is 18.1. The van der Waals surface area contributed by atoms with Crippen LogP contribution in [0.3, 0.4) is 0 Å². The number of aromatic hydroxyl groups is 1. The lowest BCUT2D eigenvalue weighted by Crippen LogP contribution is -2.31. The lowest BCUT2D eigenvalue weighted by Gasteiger charge is -2.26. The Bertz CT molecular complexity index is 1080. The third-order valence-corrected chi connectivity index (χ3v) is 5.47. The molecule has 1 aliphatic heterocycles. The number of benzene rings is 2. The van der Waals surface area contributed by atoms with Crippen LogP contribution in [0.15, 0.2) is 42.5 Å². The van der Waals surface area contributed by atoms with E-state index < -0.39 is 0 Å². The minimum Gasteiger partial charge on any atom is -0.507 e. The molecular weight excluding hydrogens is 406 g/mol. The van der Waals surface area contributed by atoms with Crippen LogP contribution < -0.4 is 4.74 Å². The fourth-order valence-electron chi connectivity index (χ4n) is 3.87. The van der Waals surface area contributed by atoms with Crippen LogP contribution in [-0.2, 0) is 4.74 Å². The number of fused-ring (bicyclic) bond motifs is 1. The first kappa shape index (κ1) is 20.3. The van der Waals surface area contributed by atoms with Crippen LogP contribution in [0.5, 0.6) is 11.5 Å². The molecule has 0 saturated heterocycles. The van der Waals surface area contributed by atoms with E-state index in [0.29, 0.717) is 52.9 Å². The molecule has 7 nitrogen and oxygen atoms in total. The summed E-state index contributed by atoms with van der Waals surface area (Å²) in [6.45, 7) is 1.06. The molecule has 0 radical (unpaired) electrons. The van der Waals surface area contributed by atoms with E-state index in [1.54, 1.807) is 31.3 Å². The number of rotatable bonds is 7. The standard InChI is InChI=1S/C22H22ClN3O4/c1-29-10-4-9-26-21(13-5-3-6-15(11-13)30-2)18-19(24-25-20(18)22(26)28)16-12-14(23)7-8-17(16)27/h3,5-8,11-12,21,27H,4,9-10H2,1-2H3,(H,24,25). The Morgan fingerprint density at radius 2 is 2.07 bits per heavy atom. The monoisotopic (exact) mass is 427 g/mol. The van der Waals surface area contributed by atoms with E-state index in [4.69, 9.17) is 21.1 Å². The molecule has 3 aromatic rings. The molecule has 4 rings (SSSR count). The zero-order valence-electron chi connectivity index (χ0n) is 16.7. The molecule has 2 heterocycles. The number of hydrogen-bond donors (Lipinski definition) is 2. The molecule has 1 atom stereocenters. The Morgan fingerprint density at radius 3 is 2.83 bits per heavy atom. The van der Waals surface area contributed by atoms with Gasteiger partial charge in [0.05, 0.1) is 13.2 Å². The Kier molecular flexibility index (Phi) is 5.65. The highest BCUT2D eigenvalue weighted by atomic mass is 35.5. The lowest BCUT2D eigenvalue weighted by molar-refractivity contribution is 0.0723. The molecule has 0 saturated carbocycles. The van der Waals surface area contributed by atoms with E-state index >= 15 is 0 Å². The first-order valence-corrected chi connectivity index (χ1v) is 9.94. The van der Waals surface area contributed by atoms with Gasteiger partial charge in [-0.25, -0.2) is 0 Å². The third-order valence-electron chi connectivity index (χ3n) is 5.23. The maximum Gasteiger partial charge on any atom is 0.273 e. The van der Waals surface area contributed by atoms with Crippen LogP contribution in [-0.4, -0.2) is 53.5 Å². The lowest BCUT2D eigenvalue weighted by atomic mass is 9.95. The quantitative estimate of drug-likeness (QED) is 0.556. The highest BCUT2D eigenvalue weighted by Gasteiger charge is 2.42. The van der Waals surface area contributed by atoms with Crippen molar-refractivity contribution >= 4 is 17.5 Å². The Labute approximate surface area is 179 Å². The molecular formula is C22H22ClN3O4. The van der Waals surface area contributed by atoms with Gasteiger partial charge in [-0.3, -0.25) is 9.89 Å². The zero-order chi connectivity index (χ0) is 21.3. The van der Waals surface area contributed by atoms with E-state index in [0.717, 1.165) is 5.56 Å². The number of phenolic OH excluding ortho intramolecular Hbond substituents is 1. The molecule has 156 valence electrons. The topological polar surface area (TPSA) is 87.7 Å². The minimum absolute atomic E-state index is 0.0448. The number of carbonyl (C=O) groups is 1. The summed E-state index contributed by atoms with van der Waals surface area (Å²) in [4.78, 5) is 15.0. The van der Waals surface area contributed by atoms with Crippen LogP contribution in [0.25, 0.3) is 11.3 Å². The predicted octanol–water partition coefficient (Wildman–Crippen LogP) is 4.03. The smallest absolute Gasteiger partial charge is 0.273 e. The van der Waals surface area contributed by atoms with Crippen molar-refractivity contribution in [2.75, 3.05) is 27.4 Å². The number of amides is 1. The summed E-state index contributed by atoms with van der Waals surface area (Å²) in [7, 11) is 3.24. The molecule has 1 amide bonds. The summed E-state index contributed by atoms with van der Waals surface area (Å²) in [5.74, 6) is 0.596. The molecule has 0 aliphatic carbocycles. The number of methoxy groups -OCH3 is 2. The van der Waals surface area contributed by atoms with Gasteiger partial charge < -0.3 is 19.5 Å². The number of nitrogens with zero attached hydrogens (tertiary/aromatic N) is 2. The normalized spacial score (nSPS) is 15.5. The average molecular weight is 428 g/mol. The molecule has 30 heavy (non-hydrogen) atoms. The fraction of sp³-hybridized carbons (Fsp3) is 0.273. The number of phenols is 1. The zero-order valence-corrected chi connectivity index (χ0v) is 17.4. The summed E-state index contributed by atoms with van der Waals surface area (Å²) >= 11 is 6.16. The van der Waals surface area contributed by atoms with Crippen LogP contribution >= 0.6 is 11.6 Å². The number of hydrogen-bond acceptors (Lipinski definition) is 5. The average Bonchev–Trinajstić information content (AvgIpc) is 3.29. The van der Waals surface area contributed by atoms with E-state index in [1.807, 2.05) is 24.3 Å². The van der Waals surface area contributed by atoms with Gasteiger partial charge in [-0.2, -0.15) is 5.10 Å². The largest absolute Gasteiger partial charge is 0.507 e. The highest BCUT2D eigenvalue weighted by molar-refractivity contribution is 6.31. The summed E-state index contributed by atoms with van der Waals surface area (Å²) < 4.78 is 10.6. The van der Waals surface area contributed by atoms with Crippen molar-refractivity contribution in [3.63, 3.8) is 0 Å². The van der Waals surface area contributed by atoms with Crippen LogP contribution in [0.4, 0.5) is 0 Å². The van der Waals surface area contributed by atoms with Crippen molar-refractivity contribution in [2.24, 2.45) is 0 Å². The second kappa shape index (κ2) is 8.38. The van der Waals surface area contributed by atoms with Gasteiger partial charge in [0.2, 0.25) is 0 Å². The van der Waals surface area contributed by atoms with Gasteiger partial charge in [-0.05, 0) is 42.3 Å². The van der Waals surface area contributed by atoms with E-state index in [-0.39, 0.29) is 17.7 Å². The van der Waals surface area contributed by atoms with Crippen molar-refractivity contribution in [1.29, 1.82) is 0 Å². The molecule has 0 bridgehead atoms. The number of aromatic amines is 1. The van der Waals surface area contributed by atoms with Crippen molar-refractivity contribution in [3.8, 4) is 22.8 Å². The number of aromatic nitrogens is 2. The van der Waals surface area contributed by atoms with Gasteiger partial charge >= 0.3 is 0 Å².